The highest BCUT2D eigenvalue weighted by atomic mass is 79.9. The van der Waals surface area contributed by atoms with Crippen LogP contribution in [0.4, 0.5) is 0 Å². The van der Waals surface area contributed by atoms with Gasteiger partial charge in [0.2, 0.25) is 0 Å². The normalized spacial score (nSPS) is 20.5. The highest BCUT2D eigenvalue weighted by Gasteiger charge is 2.20. The third-order valence-electron chi connectivity index (χ3n) is 3.95. The van der Waals surface area contributed by atoms with Crippen molar-refractivity contribution in [3.8, 4) is 5.75 Å². The third-order valence-corrected chi connectivity index (χ3v) is 4.41. The molecule has 0 radical (unpaired) electrons. The highest BCUT2D eigenvalue weighted by Crippen LogP contribution is 2.25. The molecule has 19 heavy (non-hydrogen) atoms. The van der Waals surface area contributed by atoms with Gasteiger partial charge in [0, 0.05) is 24.0 Å². The molecular formula is C16H24BrNO. The van der Waals surface area contributed by atoms with E-state index < -0.39 is 0 Å². The zero-order valence-corrected chi connectivity index (χ0v) is 13.6. The van der Waals surface area contributed by atoms with Gasteiger partial charge in [-0.1, -0.05) is 33.6 Å². The number of halogens is 1. The van der Waals surface area contributed by atoms with E-state index in [9.17, 15) is 0 Å². The van der Waals surface area contributed by atoms with Crippen LogP contribution >= 0.6 is 15.9 Å². The zero-order valence-electron chi connectivity index (χ0n) is 12.0. The molecule has 1 aliphatic heterocycles. The van der Waals surface area contributed by atoms with Gasteiger partial charge in [-0.15, -0.1) is 0 Å². The van der Waals surface area contributed by atoms with Gasteiger partial charge < -0.3 is 4.74 Å². The molecule has 0 amide bonds. The number of rotatable bonds is 5. The average Bonchev–Trinajstić information content (AvgIpc) is 2.40. The van der Waals surface area contributed by atoms with Crippen LogP contribution in [0.1, 0.15) is 30.4 Å². The fourth-order valence-electron chi connectivity index (χ4n) is 2.96. The molecule has 1 atom stereocenters. The first kappa shape index (κ1) is 14.9. The number of ether oxygens (including phenoxy) is 1. The Balaban J connectivity index is 2.01. The standard InChI is InChI=1S/C16H24BrNO/c1-13-5-6-16(19-2)15(10-13)12-18-9-3-4-14(11-18)7-8-17/h5-6,10,14H,3-4,7-9,11-12H2,1-2H3. The molecule has 0 aliphatic carbocycles. The van der Waals surface area contributed by atoms with Crippen LogP contribution in [0.3, 0.4) is 0 Å². The molecule has 1 fully saturated rings. The van der Waals surface area contributed by atoms with E-state index in [-0.39, 0.29) is 0 Å². The number of methoxy groups -OCH3 is 1. The number of hydrogen-bond acceptors (Lipinski definition) is 2. The molecule has 1 aliphatic rings. The molecule has 0 spiro atoms. The fourth-order valence-corrected chi connectivity index (χ4v) is 3.60. The summed E-state index contributed by atoms with van der Waals surface area (Å²) in [6, 6.07) is 6.46. The van der Waals surface area contributed by atoms with Crippen molar-refractivity contribution in [2.75, 3.05) is 25.5 Å². The number of benzene rings is 1. The number of alkyl halides is 1. The monoisotopic (exact) mass is 325 g/mol. The van der Waals surface area contributed by atoms with Crippen molar-refractivity contribution >= 4 is 15.9 Å². The van der Waals surface area contributed by atoms with Crippen molar-refractivity contribution in [1.82, 2.24) is 4.90 Å². The van der Waals surface area contributed by atoms with Gasteiger partial charge in [0.25, 0.3) is 0 Å². The lowest BCUT2D eigenvalue weighted by Crippen LogP contribution is -2.35. The summed E-state index contributed by atoms with van der Waals surface area (Å²) in [7, 11) is 1.76. The molecule has 1 aromatic carbocycles. The minimum Gasteiger partial charge on any atom is -0.496 e. The summed E-state index contributed by atoms with van der Waals surface area (Å²) in [5, 5.41) is 1.12. The highest BCUT2D eigenvalue weighted by molar-refractivity contribution is 9.09. The molecule has 1 unspecified atom stereocenters. The van der Waals surface area contributed by atoms with Gasteiger partial charge in [-0.3, -0.25) is 4.90 Å². The Hall–Kier alpha value is -0.540. The van der Waals surface area contributed by atoms with Crippen molar-refractivity contribution in [3.63, 3.8) is 0 Å². The predicted octanol–water partition coefficient (Wildman–Crippen LogP) is 4.00. The van der Waals surface area contributed by atoms with Crippen molar-refractivity contribution in [1.29, 1.82) is 0 Å². The molecule has 2 nitrogen and oxygen atoms in total. The maximum Gasteiger partial charge on any atom is 0.123 e. The molecule has 0 saturated carbocycles. The summed E-state index contributed by atoms with van der Waals surface area (Å²) >= 11 is 3.57. The number of likely N-dealkylation sites (tertiary alicyclic amines) is 1. The number of nitrogens with zero attached hydrogens (tertiary/aromatic N) is 1. The fraction of sp³-hybridized carbons (Fsp3) is 0.625. The van der Waals surface area contributed by atoms with Crippen molar-refractivity contribution in [2.24, 2.45) is 5.92 Å². The maximum atomic E-state index is 5.48. The largest absolute Gasteiger partial charge is 0.496 e. The molecule has 0 N–H and O–H groups in total. The summed E-state index contributed by atoms with van der Waals surface area (Å²) < 4.78 is 5.48. The predicted molar refractivity (Wildman–Crippen MR) is 84.1 cm³/mol. The van der Waals surface area contributed by atoms with Crippen LogP contribution in [0.15, 0.2) is 18.2 Å². The number of aryl methyl sites for hydroxylation is 1. The van der Waals surface area contributed by atoms with E-state index in [1.165, 1.54) is 43.5 Å². The number of hydrogen-bond donors (Lipinski definition) is 0. The third kappa shape index (κ3) is 4.22. The van der Waals surface area contributed by atoms with Gasteiger partial charge in [-0.05, 0) is 44.7 Å². The van der Waals surface area contributed by atoms with Crippen LogP contribution in [-0.4, -0.2) is 30.4 Å². The molecule has 0 bridgehead atoms. The first-order chi connectivity index (χ1) is 9.22. The van der Waals surface area contributed by atoms with E-state index in [0.29, 0.717) is 0 Å². The molecular weight excluding hydrogens is 302 g/mol. The lowest BCUT2D eigenvalue weighted by molar-refractivity contribution is 0.164. The second-order valence-electron chi connectivity index (χ2n) is 5.54. The lowest BCUT2D eigenvalue weighted by atomic mass is 9.95. The van der Waals surface area contributed by atoms with Crippen LogP contribution < -0.4 is 4.74 Å². The SMILES string of the molecule is COc1ccc(C)cc1CN1CCCC(CCBr)C1. The smallest absolute Gasteiger partial charge is 0.123 e. The molecule has 3 heteroatoms. The molecule has 1 heterocycles. The average molecular weight is 326 g/mol. The summed E-state index contributed by atoms with van der Waals surface area (Å²) in [6.07, 6.45) is 4.00. The second-order valence-corrected chi connectivity index (χ2v) is 6.33. The van der Waals surface area contributed by atoms with Crippen LogP contribution in [0, 0.1) is 12.8 Å². The summed E-state index contributed by atoms with van der Waals surface area (Å²) in [4.78, 5) is 2.58. The van der Waals surface area contributed by atoms with E-state index in [4.69, 9.17) is 4.74 Å². The number of piperidine rings is 1. The quantitative estimate of drug-likeness (QED) is 0.759. The maximum absolute atomic E-state index is 5.48. The van der Waals surface area contributed by atoms with Crippen LogP contribution in [0.25, 0.3) is 0 Å². The second kappa shape index (κ2) is 7.30. The van der Waals surface area contributed by atoms with Crippen molar-refractivity contribution in [3.05, 3.63) is 29.3 Å². The first-order valence-corrected chi connectivity index (χ1v) is 8.27. The van der Waals surface area contributed by atoms with Crippen LogP contribution in [0.2, 0.25) is 0 Å². The Morgan fingerprint density at radius 3 is 3.00 bits per heavy atom. The summed E-state index contributed by atoms with van der Waals surface area (Å²) in [6.45, 7) is 5.61. The topological polar surface area (TPSA) is 12.5 Å². The van der Waals surface area contributed by atoms with E-state index in [1.54, 1.807) is 7.11 Å². The van der Waals surface area contributed by atoms with E-state index in [1.807, 2.05) is 0 Å². The summed E-state index contributed by atoms with van der Waals surface area (Å²) in [5.41, 5.74) is 2.63. The Morgan fingerprint density at radius 2 is 2.26 bits per heavy atom. The van der Waals surface area contributed by atoms with E-state index in [2.05, 4.69) is 46.0 Å². The van der Waals surface area contributed by atoms with Crippen LogP contribution in [-0.2, 0) is 6.54 Å². The summed E-state index contributed by atoms with van der Waals surface area (Å²) in [5.74, 6) is 1.87. The van der Waals surface area contributed by atoms with Crippen molar-refractivity contribution < 1.29 is 4.74 Å². The molecule has 0 aromatic heterocycles. The Bertz CT molecular complexity index is 406. The van der Waals surface area contributed by atoms with E-state index >= 15 is 0 Å². The lowest BCUT2D eigenvalue weighted by Gasteiger charge is -2.32. The minimum atomic E-state index is 0.851. The minimum absolute atomic E-state index is 0.851. The Kier molecular flexibility index (Phi) is 5.71. The van der Waals surface area contributed by atoms with Gasteiger partial charge in [-0.25, -0.2) is 0 Å². The van der Waals surface area contributed by atoms with Gasteiger partial charge in [0.05, 0.1) is 7.11 Å². The van der Waals surface area contributed by atoms with Gasteiger partial charge in [0.15, 0.2) is 0 Å². The van der Waals surface area contributed by atoms with E-state index in [0.717, 1.165) is 23.5 Å². The Labute approximate surface area is 125 Å². The zero-order chi connectivity index (χ0) is 13.7. The Morgan fingerprint density at radius 1 is 1.42 bits per heavy atom. The van der Waals surface area contributed by atoms with Crippen molar-refractivity contribution in [2.45, 2.75) is 32.7 Å². The molecule has 106 valence electrons. The molecule has 1 aromatic rings. The van der Waals surface area contributed by atoms with Crippen LogP contribution in [0.5, 0.6) is 5.75 Å². The first-order valence-electron chi connectivity index (χ1n) is 7.14. The van der Waals surface area contributed by atoms with Gasteiger partial charge in [0.1, 0.15) is 5.75 Å². The molecule has 1 saturated heterocycles. The van der Waals surface area contributed by atoms with Gasteiger partial charge >= 0.3 is 0 Å². The molecule has 2 rings (SSSR count). The van der Waals surface area contributed by atoms with Gasteiger partial charge in [-0.2, -0.15) is 0 Å².